The zero-order chi connectivity index (χ0) is 11.4. The quantitative estimate of drug-likeness (QED) is 0.837. The molecule has 5 heteroatoms. The molecule has 1 N–H and O–H groups in total. The summed E-state index contributed by atoms with van der Waals surface area (Å²) in [4.78, 5) is 13.9. The Labute approximate surface area is 94.8 Å². The van der Waals surface area contributed by atoms with Gasteiger partial charge in [0.15, 0.2) is 0 Å². The van der Waals surface area contributed by atoms with Gasteiger partial charge in [-0.25, -0.2) is 4.79 Å². The van der Waals surface area contributed by atoms with Gasteiger partial charge in [-0.2, -0.15) is 0 Å². The molecule has 88 valence electrons. The highest BCUT2D eigenvalue weighted by Crippen LogP contribution is 2.20. The molecule has 1 unspecified atom stereocenters. The molecule has 1 fully saturated rings. The second-order valence-electron chi connectivity index (χ2n) is 4.06. The zero-order valence-corrected chi connectivity index (χ0v) is 9.48. The predicted octanol–water partition coefficient (Wildman–Crippen LogP) is 2.47. The van der Waals surface area contributed by atoms with Gasteiger partial charge in [0.1, 0.15) is 0 Å². The number of likely N-dealkylation sites (tertiary alicyclic amines) is 1. The average molecular weight is 223 g/mol. The molecule has 0 bridgehead atoms. The van der Waals surface area contributed by atoms with Crippen LogP contribution in [0.15, 0.2) is 16.8 Å². The van der Waals surface area contributed by atoms with Gasteiger partial charge in [-0.1, -0.05) is 12.1 Å². The molecule has 0 radical (unpaired) electrons. The summed E-state index contributed by atoms with van der Waals surface area (Å²) in [5.74, 6) is 0.408. The smallest absolute Gasteiger partial charge is 0.324 e. The van der Waals surface area contributed by atoms with Crippen molar-refractivity contribution in [3.63, 3.8) is 0 Å². The lowest BCUT2D eigenvalue weighted by molar-refractivity contribution is 0.160. The molecule has 1 aliphatic heterocycles. The molecule has 1 atom stereocenters. The van der Waals surface area contributed by atoms with Gasteiger partial charge >= 0.3 is 6.03 Å². The minimum Gasteiger partial charge on any atom is -0.338 e. The van der Waals surface area contributed by atoms with Crippen LogP contribution in [0.3, 0.4) is 0 Å². The van der Waals surface area contributed by atoms with E-state index in [9.17, 15) is 4.79 Å². The van der Waals surface area contributed by atoms with Crippen LogP contribution in [0.25, 0.3) is 0 Å². The van der Waals surface area contributed by atoms with Crippen LogP contribution in [0.5, 0.6) is 0 Å². The number of rotatable bonds is 2. The molecule has 2 rings (SSSR count). The number of carbonyl (C=O) groups is 1. The summed E-state index contributed by atoms with van der Waals surface area (Å²) in [5.41, 5.74) is 0. The van der Waals surface area contributed by atoms with E-state index < -0.39 is 0 Å². The van der Waals surface area contributed by atoms with Crippen molar-refractivity contribution in [1.29, 1.82) is 0 Å². The zero-order valence-electron chi connectivity index (χ0n) is 9.48. The number of nitrogens with zero attached hydrogens (tertiary/aromatic N) is 2. The van der Waals surface area contributed by atoms with Crippen LogP contribution in [0, 0.1) is 0 Å². The van der Waals surface area contributed by atoms with Gasteiger partial charge < -0.3 is 9.42 Å². The molecule has 16 heavy (non-hydrogen) atoms. The number of anilines is 1. The molecule has 1 aliphatic rings. The van der Waals surface area contributed by atoms with E-state index >= 15 is 0 Å². The Bertz CT molecular complexity index is 337. The molecule has 1 aromatic rings. The summed E-state index contributed by atoms with van der Waals surface area (Å²) in [6.07, 6.45) is 5.91. The van der Waals surface area contributed by atoms with Crippen LogP contribution in [0.1, 0.15) is 32.6 Å². The Hall–Kier alpha value is -1.52. The van der Waals surface area contributed by atoms with Crippen molar-refractivity contribution >= 4 is 11.9 Å². The van der Waals surface area contributed by atoms with E-state index in [0.29, 0.717) is 11.9 Å². The lowest BCUT2D eigenvalue weighted by Gasteiger charge is -2.34. The van der Waals surface area contributed by atoms with Crippen molar-refractivity contribution in [3.8, 4) is 0 Å². The van der Waals surface area contributed by atoms with Crippen LogP contribution < -0.4 is 5.32 Å². The molecule has 1 saturated heterocycles. The first-order valence-electron chi connectivity index (χ1n) is 5.79. The maximum Gasteiger partial charge on any atom is 0.324 e. The number of hydrogen-bond donors (Lipinski definition) is 1. The van der Waals surface area contributed by atoms with E-state index in [1.165, 1.54) is 12.6 Å². The third-order valence-corrected chi connectivity index (χ3v) is 3.03. The highest BCUT2D eigenvalue weighted by Gasteiger charge is 2.25. The Balaban J connectivity index is 1.97. The van der Waals surface area contributed by atoms with Crippen molar-refractivity contribution in [2.24, 2.45) is 0 Å². The molecular formula is C11H17N3O2. The SMILES string of the molecule is CCC1CCCCN1C(=O)Nc1ccno1. The van der Waals surface area contributed by atoms with Gasteiger partial charge in [0.25, 0.3) is 0 Å². The summed E-state index contributed by atoms with van der Waals surface area (Å²) in [6.45, 7) is 2.95. The number of amides is 2. The molecule has 0 spiro atoms. The van der Waals surface area contributed by atoms with Gasteiger partial charge in [-0.15, -0.1) is 0 Å². The number of nitrogens with one attached hydrogen (secondary N) is 1. The van der Waals surface area contributed by atoms with E-state index in [4.69, 9.17) is 4.52 Å². The van der Waals surface area contributed by atoms with E-state index in [1.54, 1.807) is 6.07 Å². The topological polar surface area (TPSA) is 58.4 Å². The molecular weight excluding hydrogens is 206 g/mol. The summed E-state index contributed by atoms with van der Waals surface area (Å²) in [6, 6.07) is 1.92. The van der Waals surface area contributed by atoms with E-state index in [0.717, 1.165) is 25.8 Å². The van der Waals surface area contributed by atoms with Crippen molar-refractivity contribution in [3.05, 3.63) is 12.3 Å². The molecule has 0 saturated carbocycles. The van der Waals surface area contributed by atoms with E-state index in [2.05, 4.69) is 17.4 Å². The Kier molecular flexibility index (Phi) is 3.44. The molecule has 2 heterocycles. The fourth-order valence-corrected chi connectivity index (χ4v) is 2.15. The molecule has 1 aromatic heterocycles. The first kappa shape index (κ1) is 11.0. The van der Waals surface area contributed by atoms with Crippen LogP contribution >= 0.6 is 0 Å². The van der Waals surface area contributed by atoms with Gasteiger partial charge in [0.2, 0.25) is 5.88 Å². The first-order valence-corrected chi connectivity index (χ1v) is 5.79. The number of aromatic nitrogens is 1. The van der Waals surface area contributed by atoms with Gasteiger partial charge in [0, 0.05) is 18.7 Å². The summed E-state index contributed by atoms with van der Waals surface area (Å²) < 4.78 is 4.86. The van der Waals surface area contributed by atoms with Crippen LogP contribution in [-0.2, 0) is 0 Å². The van der Waals surface area contributed by atoms with Crippen LogP contribution in [-0.4, -0.2) is 28.7 Å². The fraction of sp³-hybridized carbons (Fsp3) is 0.636. The molecule has 0 aliphatic carbocycles. The maximum atomic E-state index is 12.0. The van der Waals surface area contributed by atoms with Gasteiger partial charge in [0.05, 0.1) is 6.20 Å². The van der Waals surface area contributed by atoms with Crippen molar-refractivity contribution < 1.29 is 9.32 Å². The minimum atomic E-state index is -0.0803. The first-order chi connectivity index (χ1) is 7.81. The number of hydrogen-bond acceptors (Lipinski definition) is 3. The number of urea groups is 1. The monoisotopic (exact) mass is 223 g/mol. The molecule has 0 aromatic carbocycles. The predicted molar refractivity (Wildman–Crippen MR) is 60.2 cm³/mol. The van der Waals surface area contributed by atoms with Gasteiger partial charge in [-0.05, 0) is 25.7 Å². The largest absolute Gasteiger partial charge is 0.338 e. The number of piperidine rings is 1. The van der Waals surface area contributed by atoms with E-state index in [-0.39, 0.29) is 6.03 Å². The molecule has 5 nitrogen and oxygen atoms in total. The highest BCUT2D eigenvalue weighted by atomic mass is 16.5. The lowest BCUT2D eigenvalue weighted by Crippen LogP contribution is -2.45. The third-order valence-electron chi connectivity index (χ3n) is 3.03. The second-order valence-corrected chi connectivity index (χ2v) is 4.06. The maximum absolute atomic E-state index is 12.0. The summed E-state index contributed by atoms with van der Waals surface area (Å²) in [7, 11) is 0. The normalized spacial score (nSPS) is 20.8. The van der Waals surface area contributed by atoms with Crippen molar-refractivity contribution in [2.75, 3.05) is 11.9 Å². The molecule has 2 amide bonds. The second kappa shape index (κ2) is 5.01. The summed E-state index contributed by atoms with van der Waals surface area (Å²) >= 11 is 0. The fourth-order valence-electron chi connectivity index (χ4n) is 2.15. The standard InChI is InChI=1S/C11H17N3O2/c1-2-9-5-3-4-8-14(9)11(15)13-10-6-7-12-16-10/h6-7,9H,2-5,8H2,1H3,(H,13,15). The average Bonchev–Trinajstić information content (AvgIpc) is 2.81. The minimum absolute atomic E-state index is 0.0803. The number of carbonyl (C=O) groups excluding carboxylic acids is 1. The highest BCUT2D eigenvalue weighted by molar-refractivity contribution is 5.88. The Morgan fingerprint density at radius 1 is 1.69 bits per heavy atom. The van der Waals surface area contributed by atoms with Crippen LogP contribution in [0.2, 0.25) is 0 Å². The van der Waals surface area contributed by atoms with Crippen molar-refractivity contribution in [1.82, 2.24) is 10.1 Å². The third kappa shape index (κ3) is 2.35. The van der Waals surface area contributed by atoms with Crippen molar-refractivity contribution in [2.45, 2.75) is 38.6 Å². The van der Waals surface area contributed by atoms with Crippen LogP contribution in [0.4, 0.5) is 10.7 Å². The van der Waals surface area contributed by atoms with Gasteiger partial charge in [-0.3, -0.25) is 5.32 Å². The Morgan fingerprint density at radius 2 is 2.56 bits per heavy atom. The van der Waals surface area contributed by atoms with E-state index in [1.807, 2.05) is 4.90 Å². The summed E-state index contributed by atoms with van der Waals surface area (Å²) in [5, 5.41) is 6.27. The Morgan fingerprint density at radius 3 is 3.25 bits per heavy atom. The lowest BCUT2D eigenvalue weighted by atomic mass is 10.0.